The van der Waals surface area contributed by atoms with E-state index in [-0.39, 0.29) is 12.6 Å². The largest absolute Gasteiger partial charge is 0.493 e. The van der Waals surface area contributed by atoms with Crippen molar-refractivity contribution in [2.75, 3.05) is 7.11 Å². The topological polar surface area (TPSA) is 74.1 Å². The lowest BCUT2D eigenvalue weighted by Crippen LogP contribution is -2.34. The van der Waals surface area contributed by atoms with Crippen LogP contribution in [0.5, 0.6) is 5.75 Å². The molecule has 0 unspecified atom stereocenters. The second-order valence-electron chi connectivity index (χ2n) is 6.52. The van der Waals surface area contributed by atoms with Crippen molar-refractivity contribution < 1.29 is 27.5 Å². The van der Waals surface area contributed by atoms with E-state index in [0.29, 0.717) is 23.6 Å². The van der Waals surface area contributed by atoms with Gasteiger partial charge in [-0.15, -0.1) is 0 Å². The molecule has 2 aromatic rings. The highest BCUT2D eigenvalue weighted by Crippen LogP contribution is 2.40. The molecule has 6 nitrogen and oxygen atoms in total. The summed E-state index contributed by atoms with van der Waals surface area (Å²) >= 11 is 0. The van der Waals surface area contributed by atoms with Crippen molar-refractivity contribution in [2.45, 2.75) is 46.7 Å². The minimum absolute atomic E-state index is 0.163. The molecule has 9 heteroatoms. The predicted molar refractivity (Wildman–Crippen MR) is 90.6 cm³/mol. The van der Waals surface area contributed by atoms with Crippen LogP contribution in [0.25, 0.3) is 5.82 Å². The fourth-order valence-corrected chi connectivity index (χ4v) is 2.53. The third-order valence-electron chi connectivity index (χ3n) is 4.06. The number of alkyl halides is 3. The fraction of sp³-hybridized carbons (Fsp3) is 0.500. The van der Waals surface area contributed by atoms with E-state index in [0.717, 1.165) is 11.5 Å². The molecule has 0 fully saturated rings. The number of carbonyl (C=O) groups excluding carboxylic acids is 2. The van der Waals surface area contributed by atoms with Gasteiger partial charge >= 0.3 is 12.3 Å². The first-order chi connectivity index (χ1) is 12.5. The molecule has 0 atom stereocenters. The molecule has 27 heavy (non-hydrogen) atoms. The maximum atomic E-state index is 13.1. The number of pyridine rings is 1. The summed E-state index contributed by atoms with van der Waals surface area (Å²) in [6, 6.07) is 1.62. The number of hydrogen-bond donors (Lipinski definition) is 0. The summed E-state index contributed by atoms with van der Waals surface area (Å²) in [6.45, 7) is 6.24. The molecule has 0 aromatic carbocycles. The molecule has 0 spiro atoms. The number of halogens is 3. The van der Waals surface area contributed by atoms with Gasteiger partial charge in [0.05, 0.1) is 12.5 Å². The van der Waals surface area contributed by atoms with Crippen LogP contribution in [0, 0.1) is 12.3 Å². The number of ether oxygens (including phenoxy) is 1. The average Bonchev–Trinajstić information content (AvgIpc) is 2.94. The van der Waals surface area contributed by atoms with E-state index < -0.39 is 11.6 Å². The number of imidazole rings is 1. The van der Waals surface area contributed by atoms with Gasteiger partial charge in [0.1, 0.15) is 5.82 Å². The molecule has 0 bridgehead atoms. The first-order valence-corrected chi connectivity index (χ1v) is 8.14. The van der Waals surface area contributed by atoms with Gasteiger partial charge in [-0.05, 0) is 25.0 Å². The van der Waals surface area contributed by atoms with Crippen molar-refractivity contribution in [3.05, 3.63) is 35.5 Å². The van der Waals surface area contributed by atoms with Crippen molar-refractivity contribution in [3.63, 3.8) is 0 Å². The zero-order chi connectivity index (χ0) is 20.8. The van der Waals surface area contributed by atoms with Crippen LogP contribution in [0.4, 0.5) is 13.2 Å². The summed E-state index contributed by atoms with van der Waals surface area (Å²) < 4.78 is 46.5. The third-order valence-corrected chi connectivity index (χ3v) is 4.06. The third kappa shape index (κ3) is 5.17. The van der Waals surface area contributed by atoms with Crippen molar-refractivity contribution in [1.82, 2.24) is 14.5 Å². The Kier molecular flexibility index (Phi) is 7.30. The first kappa shape index (κ1) is 22.4. The Morgan fingerprint density at radius 1 is 1.19 bits per heavy atom. The number of hydrogen-bond acceptors (Lipinski definition) is 5. The minimum Gasteiger partial charge on any atom is -0.493 e. The number of aryl methyl sites for hydroxylation is 2. The van der Waals surface area contributed by atoms with Crippen LogP contribution in [0.2, 0.25) is 0 Å². The van der Waals surface area contributed by atoms with Crippen LogP contribution in [-0.2, 0) is 22.4 Å². The SMILES string of the molecule is CCc1ncc(C)n1-c1ncc(CC(C)(C)C(F)(F)F)cc1OC.O=C=O. The fourth-order valence-electron chi connectivity index (χ4n) is 2.53. The Hall–Kier alpha value is -2.67. The molecule has 2 aromatic heterocycles. The Morgan fingerprint density at radius 3 is 2.26 bits per heavy atom. The number of methoxy groups -OCH3 is 1. The molecule has 0 saturated carbocycles. The van der Waals surface area contributed by atoms with Crippen LogP contribution in [0.15, 0.2) is 18.5 Å². The molecule has 0 N–H and O–H groups in total. The summed E-state index contributed by atoms with van der Waals surface area (Å²) in [5, 5.41) is 0. The second-order valence-corrected chi connectivity index (χ2v) is 6.52. The summed E-state index contributed by atoms with van der Waals surface area (Å²) in [5.41, 5.74) is -0.462. The molecular formula is C18H22F3N3O3. The van der Waals surface area contributed by atoms with Gasteiger partial charge < -0.3 is 4.74 Å². The first-order valence-electron chi connectivity index (χ1n) is 8.14. The Bertz CT molecular complexity index is 808. The molecule has 0 amide bonds. The van der Waals surface area contributed by atoms with E-state index in [2.05, 4.69) is 9.97 Å². The van der Waals surface area contributed by atoms with Crippen LogP contribution in [0.1, 0.15) is 37.9 Å². The van der Waals surface area contributed by atoms with E-state index in [1.807, 2.05) is 18.4 Å². The van der Waals surface area contributed by atoms with E-state index >= 15 is 0 Å². The lowest BCUT2D eigenvalue weighted by molar-refractivity contribution is -0.211. The van der Waals surface area contributed by atoms with Crippen LogP contribution in [-0.4, -0.2) is 34.0 Å². The highest BCUT2D eigenvalue weighted by Gasteiger charge is 2.47. The highest BCUT2D eigenvalue weighted by atomic mass is 19.4. The molecule has 0 aliphatic carbocycles. The summed E-state index contributed by atoms with van der Waals surface area (Å²) in [7, 11) is 1.48. The predicted octanol–water partition coefficient (Wildman–Crippen LogP) is 3.69. The van der Waals surface area contributed by atoms with Gasteiger partial charge in [-0.25, -0.2) is 9.97 Å². The van der Waals surface area contributed by atoms with E-state index in [4.69, 9.17) is 14.3 Å². The van der Waals surface area contributed by atoms with Gasteiger partial charge in [0.2, 0.25) is 0 Å². The van der Waals surface area contributed by atoms with E-state index in [1.165, 1.54) is 27.2 Å². The molecule has 0 radical (unpaired) electrons. The second kappa shape index (κ2) is 8.81. The highest BCUT2D eigenvalue weighted by molar-refractivity contribution is 5.44. The van der Waals surface area contributed by atoms with Gasteiger partial charge in [0.25, 0.3) is 0 Å². The Balaban J connectivity index is 0.00000114. The maximum absolute atomic E-state index is 13.1. The maximum Gasteiger partial charge on any atom is 0.394 e. The summed E-state index contributed by atoms with van der Waals surface area (Å²) in [5.74, 6) is 1.79. The lowest BCUT2D eigenvalue weighted by Gasteiger charge is -2.27. The Labute approximate surface area is 155 Å². The van der Waals surface area contributed by atoms with Crippen molar-refractivity contribution in [3.8, 4) is 11.6 Å². The lowest BCUT2D eigenvalue weighted by atomic mass is 9.85. The smallest absolute Gasteiger partial charge is 0.394 e. The number of rotatable bonds is 5. The van der Waals surface area contributed by atoms with Gasteiger partial charge in [0.15, 0.2) is 11.6 Å². The molecule has 148 valence electrons. The number of aromatic nitrogens is 3. The molecule has 0 aliphatic heterocycles. The van der Waals surface area contributed by atoms with Gasteiger partial charge in [-0.3, -0.25) is 4.57 Å². The molecule has 0 saturated heterocycles. The molecule has 2 rings (SSSR count). The van der Waals surface area contributed by atoms with Crippen molar-refractivity contribution in [2.24, 2.45) is 5.41 Å². The Morgan fingerprint density at radius 2 is 1.78 bits per heavy atom. The molecule has 0 aliphatic rings. The van der Waals surface area contributed by atoms with Gasteiger partial charge in [0, 0.05) is 24.5 Å². The van der Waals surface area contributed by atoms with Crippen LogP contribution >= 0.6 is 0 Å². The monoisotopic (exact) mass is 385 g/mol. The zero-order valence-electron chi connectivity index (χ0n) is 15.8. The van der Waals surface area contributed by atoms with Gasteiger partial charge in [-0.2, -0.15) is 22.8 Å². The molecular weight excluding hydrogens is 363 g/mol. The van der Waals surface area contributed by atoms with E-state index in [9.17, 15) is 13.2 Å². The summed E-state index contributed by atoms with van der Waals surface area (Å²) in [4.78, 5) is 24.9. The van der Waals surface area contributed by atoms with Crippen molar-refractivity contribution >= 4 is 6.15 Å². The van der Waals surface area contributed by atoms with Crippen LogP contribution in [0.3, 0.4) is 0 Å². The minimum atomic E-state index is -4.28. The normalized spacial score (nSPS) is 11.4. The number of nitrogens with zero attached hydrogens (tertiary/aromatic N) is 3. The van der Waals surface area contributed by atoms with Crippen LogP contribution < -0.4 is 4.74 Å². The summed E-state index contributed by atoms with van der Waals surface area (Å²) in [6.07, 6.45) is -0.273. The standard InChI is InChI=1S/C17H22F3N3O.CO2/c1-6-14-21-9-11(2)23(14)15-13(24-5)7-12(10-22-15)8-16(3,4)17(18,19)20;2-1-3/h7,9-10H,6,8H2,1-5H3;. The zero-order valence-corrected chi connectivity index (χ0v) is 15.8. The average molecular weight is 385 g/mol. The van der Waals surface area contributed by atoms with Gasteiger partial charge in [-0.1, -0.05) is 20.8 Å². The quantitative estimate of drug-likeness (QED) is 0.785. The van der Waals surface area contributed by atoms with Crippen molar-refractivity contribution in [1.29, 1.82) is 0 Å². The van der Waals surface area contributed by atoms with E-state index in [1.54, 1.807) is 12.3 Å². The molecule has 2 heterocycles.